The molecule has 0 spiro atoms. The Hall–Kier alpha value is -3.48. The molecule has 2 aromatic heterocycles. The van der Waals surface area contributed by atoms with Gasteiger partial charge in [0.2, 0.25) is 0 Å². The van der Waals surface area contributed by atoms with Crippen LogP contribution in [0.5, 0.6) is 0 Å². The number of rotatable bonds is 7. The summed E-state index contributed by atoms with van der Waals surface area (Å²) in [4.78, 5) is 28.6. The molecule has 0 atom stereocenters. The molecule has 1 aromatic carbocycles. The highest BCUT2D eigenvalue weighted by atomic mass is 16.6. The van der Waals surface area contributed by atoms with Crippen molar-refractivity contribution >= 4 is 11.8 Å². The molecule has 1 amide bonds. The molecular weight excluding hydrogens is 334 g/mol. The topological polar surface area (TPSA) is 89.5 Å². The van der Waals surface area contributed by atoms with Crippen molar-refractivity contribution in [1.82, 2.24) is 9.88 Å². The van der Waals surface area contributed by atoms with E-state index in [9.17, 15) is 14.9 Å². The molecule has 0 radical (unpaired) electrons. The van der Waals surface area contributed by atoms with Crippen LogP contribution in [0.4, 0.5) is 5.88 Å². The van der Waals surface area contributed by atoms with Gasteiger partial charge in [0.15, 0.2) is 5.76 Å². The number of amides is 1. The molecule has 7 nitrogen and oxygen atoms in total. The van der Waals surface area contributed by atoms with E-state index >= 15 is 0 Å². The predicted octanol–water partition coefficient (Wildman–Crippen LogP) is 3.47. The van der Waals surface area contributed by atoms with Gasteiger partial charge in [-0.25, -0.2) is 0 Å². The summed E-state index contributed by atoms with van der Waals surface area (Å²) in [6.07, 6.45) is 4.01. The molecule has 0 unspecified atom stereocenters. The number of benzene rings is 1. The quantitative estimate of drug-likeness (QED) is 0.480. The zero-order valence-electron chi connectivity index (χ0n) is 13.9. The normalized spacial score (nSPS) is 10.5. The lowest BCUT2D eigenvalue weighted by atomic mass is 10.1. The van der Waals surface area contributed by atoms with Gasteiger partial charge in [-0.1, -0.05) is 36.4 Å². The van der Waals surface area contributed by atoms with Crippen molar-refractivity contribution < 1.29 is 14.1 Å². The maximum Gasteiger partial charge on any atom is 0.433 e. The second-order valence-corrected chi connectivity index (χ2v) is 5.72. The first kappa shape index (κ1) is 17.3. The van der Waals surface area contributed by atoms with E-state index in [2.05, 4.69) is 4.98 Å². The number of pyridine rings is 1. The number of carbonyl (C=O) groups excluding carboxylic acids is 1. The van der Waals surface area contributed by atoms with Crippen LogP contribution in [0.3, 0.4) is 0 Å². The summed E-state index contributed by atoms with van der Waals surface area (Å²) in [5, 5.41) is 10.8. The van der Waals surface area contributed by atoms with Crippen LogP contribution in [0.1, 0.15) is 21.7 Å². The van der Waals surface area contributed by atoms with Crippen LogP contribution in [0.25, 0.3) is 0 Å². The Bertz CT molecular complexity index is 878. The van der Waals surface area contributed by atoms with Crippen molar-refractivity contribution in [2.75, 3.05) is 6.54 Å². The van der Waals surface area contributed by atoms with Gasteiger partial charge in [-0.05, 0) is 29.7 Å². The number of hydrogen-bond acceptors (Lipinski definition) is 5. The molecule has 0 aliphatic heterocycles. The Labute approximate surface area is 150 Å². The zero-order valence-corrected chi connectivity index (χ0v) is 13.9. The molecule has 0 bridgehead atoms. The monoisotopic (exact) mass is 351 g/mol. The molecule has 0 fully saturated rings. The molecule has 3 aromatic rings. The maximum absolute atomic E-state index is 12.8. The SMILES string of the molecule is O=C(c1ccc([N+](=O)[O-])o1)N(CCc1ccccc1)Cc1cccnc1. The molecule has 7 heteroatoms. The van der Waals surface area contributed by atoms with Gasteiger partial charge in [0.25, 0.3) is 5.91 Å². The Balaban J connectivity index is 1.78. The largest absolute Gasteiger partial charge is 0.433 e. The smallest absolute Gasteiger partial charge is 0.395 e. The van der Waals surface area contributed by atoms with Crippen molar-refractivity contribution in [3.63, 3.8) is 0 Å². The van der Waals surface area contributed by atoms with Crippen LogP contribution in [-0.4, -0.2) is 27.3 Å². The minimum Gasteiger partial charge on any atom is -0.395 e. The molecule has 0 saturated carbocycles. The van der Waals surface area contributed by atoms with E-state index in [-0.39, 0.29) is 5.76 Å². The highest BCUT2D eigenvalue weighted by molar-refractivity contribution is 5.91. The van der Waals surface area contributed by atoms with Crippen LogP contribution in [-0.2, 0) is 13.0 Å². The van der Waals surface area contributed by atoms with Gasteiger partial charge in [-0.15, -0.1) is 0 Å². The first-order chi connectivity index (χ1) is 12.6. The third-order valence-corrected chi connectivity index (χ3v) is 3.88. The second-order valence-electron chi connectivity index (χ2n) is 5.72. The summed E-state index contributed by atoms with van der Waals surface area (Å²) in [5.74, 6) is -0.885. The number of carbonyl (C=O) groups is 1. The van der Waals surface area contributed by atoms with Gasteiger partial charge in [0.1, 0.15) is 4.92 Å². The highest BCUT2D eigenvalue weighted by Gasteiger charge is 2.22. The summed E-state index contributed by atoms with van der Waals surface area (Å²) in [7, 11) is 0. The van der Waals surface area contributed by atoms with Gasteiger partial charge >= 0.3 is 5.88 Å². The first-order valence-corrected chi connectivity index (χ1v) is 8.10. The third-order valence-electron chi connectivity index (χ3n) is 3.88. The fourth-order valence-corrected chi connectivity index (χ4v) is 2.57. The van der Waals surface area contributed by atoms with E-state index in [1.54, 1.807) is 23.4 Å². The molecule has 0 saturated heterocycles. The maximum atomic E-state index is 12.8. The van der Waals surface area contributed by atoms with E-state index in [0.29, 0.717) is 19.5 Å². The number of hydrogen-bond donors (Lipinski definition) is 0. The summed E-state index contributed by atoms with van der Waals surface area (Å²) in [6, 6.07) is 16.0. The molecule has 26 heavy (non-hydrogen) atoms. The van der Waals surface area contributed by atoms with Crippen molar-refractivity contribution in [2.24, 2.45) is 0 Å². The highest BCUT2D eigenvalue weighted by Crippen LogP contribution is 2.18. The number of aromatic nitrogens is 1. The number of furan rings is 1. The summed E-state index contributed by atoms with van der Waals surface area (Å²) in [6.45, 7) is 0.792. The molecule has 132 valence electrons. The first-order valence-electron chi connectivity index (χ1n) is 8.10. The van der Waals surface area contributed by atoms with Gasteiger partial charge in [0.05, 0.1) is 6.07 Å². The molecule has 0 N–H and O–H groups in total. The van der Waals surface area contributed by atoms with E-state index < -0.39 is 16.7 Å². The average Bonchev–Trinajstić information content (AvgIpc) is 3.17. The van der Waals surface area contributed by atoms with Crippen molar-refractivity contribution in [2.45, 2.75) is 13.0 Å². The van der Waals surface area contributed by atoms with Gasteiger partial charge in [0, 0.05) is 25.5 Å². The minimum absolute atomic E-state index is 0.0475. The summed E-state index contributed by atoms with van der Waals surface area (Å²) >= 11 is 0. The van der Waals surface area contributed by atoms with E-state index in [0.717, 1.165) is 11.1 Å². The standard InChI is InChI=1S/C19H17N3O4/c23-19(17-8-9-18(26-17)22(24)25)21(14-16-7-4-11-20-13-16)12-10-15-5-2-1-3-6-15/h1-9,11,13H,10,12,14H2. The Morgan fingerprint density at radius 2 is 1.85 bits per heavy atom. The lowest BCUT2D eigenvalue weighted by molar-refractivity contribution is -0.402. The van der Waals surface area contributed by atoms with Crippen LogP contribution in [0, 0.1) is 10.1 Å². The Morgan fingerprint density at radius 3 is 2.50 bits per heavy atom. The lowest BCUT2D eigenvalue weighted by Gasteiger charge is -2.21. The van der Waals surface area contributed by atoms with E-state index in [1.807, 2.05) is 36.4 Å². The summed E-state index contributed by atoms with van der Waals surface area (Å²) in [5.41, 5.74) is 1.97. The molecular formula is C19H17N3O4. The van der Waals surface area contributed by atoms with Crippen molar-refractivity contribution in [1.29, 1.82) is 0 Å². The summed E-state index contributed by atoms with van der Waals surface area (Å²) < 4.78 is 5.07. The van der Waals surface area contributed by atoms with Gasteiger partial charge in [-0.3, -0.25) is 19.9 Å². The molecule has 0 aliphatic carbocycles. The van der Waals surface area contributed by atoms with Crippen LogP contribution in [0.2, 0.25) is 0 Å². The Kier molecular flexibility index (Phi) is 5.38. The average molecular weight is 351 g/mol. The fraction of sp³-hybridized carbons (Fsp3) is 0.158. The van der Waals surface area contributed by atoms with Gasteiger partial charge in [-0.2, -0.15) is 0 Å². The lowest BCUT2D eigenvalue weighted by Crippen LogP contribution is -2.32. The second kappa shape index (κ2) is 8.06. The Morgan fingerprint density at radius 1 is 1.08 bits per heavy atom. The molecule has 3 rings (SSSR count). The third kappa shape index (κ3) is 4.32. The molecule has 0 aliphatic rings. The fourth-order valence-electron chi connectivity index (χ4n) is 2.57. The van der Waals surface area contributed by atoms with Crippen molar-refractivity contribution in [3.05, 3.63) is 94.0 Å². The predicted molar refractivity (Wildman–Crippen MR) is 94.5 cm³/mol. The van der Waals surface area contributed by atoms with Crippen molar-refractivity contribution in [3.8, 4) is 0 Å². The van der Waals surface area contributed by atoms with Gasteiger partial charge < -0.3 is 9.32 Å². The zero-order chi connectivity index (χ0) is 18.4. The van der Waals surface area contributed by atoms with Crippen LogP contribution in [0.15, 0.2) is 71.4 Å². The number of nitrogens with zero attached hydrogens (tertiary/aromatic N) is 3. The van der Waals surface area contributed by atoms with E-state index in [1.165, 1.54) is 12.1 Å². The molecule has 2 heterocycles. The van der Waals surface area contributed by atoms with Crippen LogP contribution >= 0.6 is 0 Å². The van der Waals surface area contributed by atoms with E-state index in [4.69, 9.17) is 4.42 Å². The minimum atomic E-state index is -0.661. The van der Waals surface area contributed by atoms with Crippen LogP contribution < -0.4 is 0 Å². The number of nitro groups is 1.